The molecule has 3 heterocycles. The molecular weight excluding hydrogens is 1280 g/mol. The molecule has 99 heavy (non-hydrogen) atoms. The average Bonchev–Trinajstić information content (AvgIpc) is 1.65. The van der Waals surface area contributed by atoms with Gasteiger partial charge in [0.25, 0.3) is 0 Å². The Morgan fingerprint density at radius 2 is 1.49 bits per heavy atom. The number of esters is 1. The lowest BCUT2D eigenvalue weighted by Crippen LogP contribution is -2.56. The van der Waals surface area contributed by atoms with Gasteiger partial charge in [-0.05, 0) is 89.0 Å². The van der Waals surface area contributed by atoms with Crippen molar-refractivity contribution in [1.29, 1.82) is 0 Å². The van der Waals surface area contributed by atoms with Crippen molar-refractivity contribution < 1.29 is 71.9 Å². The molecule has 2 aliphatic heterocycles. The molecule has 4 aromatic carbocycles. The number of ether oxygens (including phenoxy) is 5. The summed E-state index contributed by atoms with van der Waals surface area (Å²) in [5.41, 5.74) is 6.36. The standard InChI is InChI=1S/C78H106N6O14S/c1-15-48(6)70(67(94-13)42-69(89)83-36-23-30-63(83)60(44-85)51(9)64(86)40-54(74-79-35-37-99-74)38-52-24-17-16-18-25-52)82(10)75(91)59(46(2)3)41-65(87)71(47(4)5)84(11,12)43-53-31-32-66(97-77-72(90)49(7)50(8)73(98-77)76(92)95-14)62(39-53)81-68(88)33-34-80-78(93)96-45-61-57-28-21-19-26-55(57)56-27-20-22-29-58(56)61/h16-22,24-29,31-32,35,37,39,46-51,54,59-61,63,67,70-73,77,85,90H,15,23,30,33-34,36,38,40-45H2,1-14H3,(H-,80,81,88,93)/p+1/t48-,49-,50-,51+,54+,59-,60+,63-,67+,70-,71-,72+,73-,77+/m0/s1. The van der Waals surface area contributed by atoms with Crippen molar-refractivity contribution >= 4 is 58.4 Å². The van der Waals surface area contributed by atoms with Gasteiger partial charge < -0.3 is 58.8 Å². The van der Waals surface area contributed by atoms with E-state index in [1.807, 2.05) is 127 Å². The maximum Gasteiger partial charge on any atom is 0.407 e. The Morgan fingerprint density at radius 1 is 0.828 bits per heavy atom. The monoisotopic (exact) mass is 1380 g/mol. The van der Waals surface area contributed by atoms with E-state index in [0.717, 1.165) is 32.8 Å². The number of quaternary nitrogens is 1. The van der Waals surface area contributed by atoms with E-state index in [-0.39, 0.29) is 127 Å². The fourth-order valence-electron chi connectivity index (χ4n) is 15.6. The molecule has 4 amide bonds. The highest BCUT2D eigenvalue weighted by Crippen LogP contribution is 2.45. The molecular formula is C78H107N6O14S+. The SMILES string of the molecule is CC[C@H](C)[C@@H]([C@@H](CC(=O)N1CCC[C@H]1[C@H](CO)[C@@H](C)C(=O)C[C@@H](Cc1ccccc1)c1nccs1)OC)N(C)C(=O)[C@@H](CC(=O)[C@H](C(C)C)[N+](C)(C)Cc1ccc(O[C@@H]2O[C@H](C(=O)OC)[C@@H](C)[C@H](C)[C@H]2O)c(NC(=O)CCNC(=O)OCC2c3ccccc3-c3ccccc32)c1)C(C)C. The number of Topliss-reactive ketones (excluding diaryl/α,β-unsaturated/α-hetero) is 2. The number of rotatable bonds is 34. The maximum atomic E-state index is 15.3. The quantitative estimate of drug-likeness (QED) is 0.0221. The summed E-state index contributed by atoms with van der Waals surface area (Å²) in [6.45, 7) is 17.9. The molecule has 538 valence electrons. The molecule has 0 saturated carbocycles. The minimum Gasteiger partial charge on any atom is -0.467 e. The molecule has 0 spiro atoms. The Hall–Kier alpha value is -7.40. The summed E-state index contributed by atoms with van der Waals surface area (Å²) in [4.78, 5) is 108. The minimum absolute atomic E-state index is 0.0129. The zero-order valence-corrected chi connectivity index (χ0v) is 61.2. The molecule has 2 fully saturated rings. The first kappa shape index (κ1) is 77.3. The fourth-order valence-corrected chi connectivity index (χ4v) is 16.3. The van der Waals surface area contributed by atoms with Crippen LogP contribution in [0.25, 0.3) is 11.1 Å². The van der Waals surface area contributed by atoms with Gasteiger partial charge in [0.15, 0.2) is 17.9 Å². The number of alkyl carbamates (subject to hydrolysis) is 1. The van der Waals surface area contributed by atoms with Crippen molar-refractivity contribution in [2.45, 2.75) is 175 Å². The van der Waals surface area contributed by atoms with E-state index < -0.39 is 84.2 Å². The van der Waals surface area contributed by atoms with E-state index in [0.29, 0.717) is 37.8 Å². The van der Waals surface area contributed by atoms with Crippen LogP contribution < -0.4 is 15.4 Å². The zero-order valence-electron chi connectivity index (χ0n) is 60.4. The Labute approximate surface area is 589 Å². The number of nitrogens with one attached hydrogen (secondary N) is 2. The number of aliphatic hydroxyl groups is 2. The second-order valence-electron chi connectivity index (χ2n) is 29.0. The molecule has 21 heteroatoms. The molecule has 4 N–H and O–H groups in total. The summed E-state index contributed by atoms with van der Waals surface area (Å²) in [6, 6.07) is 29.7. The third-order valence-corrected chi connectivity index (χ3v) is 22.3. The predicted octanol–water partition coefficient (Wildman–Crippen LogP) is 11.3. The molecule has 1 aliphatic carbocycles. The van der Waals surface area contributed by atoms with Gasteiger partial charge in [-0.2, -0.15) is 0 Å². The van der Waals surface area contributed by atoms with Crippen LogP contribution in [-0.2, 0) is 60.7 Å². The number of hydrogen-bond acceptors (Lipinski definition) is 16. The van der Waals surface area contributed by atoms with Crippen LogP contribution in [-0.4, -0.2) is 175 Å². The van der Waals surface area contributed by atoms with Crippen LogP contribution in [0.5, 0.6) is 5.75 Å². The van der Waals surface area contributed by atoms with Gasteiger partial charge in [-0.25, -0.2) is 14.6 Å². The summed E-state index contributed by atoms with van der Waals surface area (Å²) >= 11 is 1.53. The van der Waals surface area contributed by atoms with Gasteiger partial charge in [0, 0.05) is 112 Å². The van der Waals surface area contributed by atoms with Gasteiger partial charge in [-0.1, -0.05) is 148 Å². The first-order valence-corrected chi connectivity index (χ1v) is 36.2. The molecule has 3 aliphatic rings. The number of likely N-dealkylation sites (N-methyl/N-ethyl adjacent to an activating group) is 2. The van der Waals surface area contributed by atoms with Crippen LogP contribution in [0.15, 0.2) is 109 Å². The summed E-state index contributed by atoms with van der Waals surface area (Å²) in [6.07, 6.45) is -0.562. The fraction of sp³-hybridized carbons (Fsp3) is 0.564. The number of nitrogens with zero attached hydrogens (tertiary/aromatic N) is 4. The summed E-state index contributed by atoms with van der Waals surface area (Å²) in [5.74, 6) is -5.00. The number of thiazole rings is 1. The van der Waals surface area contributed by atoms with Crippen molar-refractivity contribution in [3.63, 3.8) is 0 Å². The number of amides is 4. The van der Waals surface area contributed by atoms with Crippen molar-refractivity contribution in [2.24, 2.45) is 47.3 Å². The number of fused-ring (bicyclic) bond motifs is 3. The summed E-state index contributed by atoms with van der Waals surface area (Å²) in [7, 11) is 8.47. The van der Waals surface area contributed by atoms with E-state index in [4.69, 9.17) is 23.7 Å². The summed E-state index contributed by atoms with van der Waals surface area (Å²) < 4.78 is 29.6. The molecule has 2 saturated heterocycles. The lowest BCUT2D eigenvalue weighted by molar-refractivity contribution is -0.922. The third kappa shape index (κ3) is 18.8. The van der Waals surface area contributed by atoms with Crippen LogP contribution in [0.1, 0.15) is 146 Å². The number of likely N-dealkylation sites (tertiary alicyclic amines) is 1. The molecule has 0 bridgehead atoms. The van der Waals surface area contributed by atoms with Gasteiger partial charge in [-0.15, -0.1) is 11.3 Å². The number of aliphatic hydroxyl groups excluding tert-OH is 2. The van der Waals surface area contributed by atoms with Gasteiger partial charge >= 0.3 is 12.1 Å². The molecule has 14 atom stereocenters. The van der Waals surface area contributed by atoms with Crippen molar-refractivity contribution in [1.82, 2.24) is 20.1 Å². The molecule has 5 aromatic rings. The molecule has 20 nitrogen and oxygen atoms in total. The molecule has 8 rings (SSSR count). The number of ketones is 2. The largest absolute Gasteiger partial charge is 0.467 e. The number of aromatic nitrogens is 1. The molecule has 0 unspecified atom stereocenters. The van der Waals surface area contributed by atoms with E-state index in [1.165, 1.54) is 18.4 Å². The highest BCUT2D eigenvalue weighted by Gasteiger charge is 2.48. The lowest BCUT2D eigenvalue weighted by Gasteiger charge is -2.42. The molecule has 0 radical (unpaired) electrons. The van der Waals surface area contributed by atoms with Crippen molar-refractivity contribution in [3.8, 4) is 16.9 Å². The van der Waals surface area contributed by atoms with Crippen LogP contribution in [0.2, 0.25) is 0 Å². The van der Waals surface area contributed by atoms with Crippen LogP contribution in [0.4, 0.5) is 10.5 Å². The van der Waals surface area contributed by atoms with Gasteiger partial charge in [0.05, 0.1) is 50.5 Å². The maximum absolute atomic E-state index is 15.3. The first-order chi connectivity index (χ1) is 47.2. The van der Waals surface area contributed by atoms with Gasteiger partial charge in [-0.3, -0.25) is 24.0 Å². The van der Waals surface area contributed by atoms with E-state index in [2.05, 4.69) is 39.9 Å². The number of carbonyl (C=O) groups is 7. The second kappa shape index (κ2) is 35.3. The van der Waals surface area contributed by atoms with Gasteiger partial charge in [0.1, 0.15) is 30.8 Å². The Kier molecular flexibility index (Phi) is 27.6. The Bertz CT molecular complexity index is 3490. The predicted molar refractivity (Wildman–Crippen MR) is 381 cm³/mol. The number of anilines is 1. The molecule has 1 aromatic heterocycles. The second-order valence-corrected chi connectivity index (χ2v) is 29.9. The number of benzene rings is 4. The van der Waals surface area contributed by atoms with Crippen LogP contribution in [0.3, 0.4) is 0 Å². The van der Waals surface area contributed by atoms with Crippen molar-refractivity contribution in [2.75, 3.05) is 67.0 Å². The highest BCUT2D eigenvalue weighted by atomic mass is 32.1. The summed E-state index contributed by atoms with van der Waals surface area (Å²) in [5, 5.41) is 31.0. The normalized spacial score (nSPS) is 20.9. The number of carbonyl (C=O) groups excluding carboxylic acids is 7. The van der Waals surface area contributed by atoms with E-state index in [1.54, 1.807) is 57.3 Å². The number of methoxy groups -OCH3 is 2. The van der Waals surface area contributed by atoms with Crippen LogP contribution >= 0.6 is 11.3 Å². The van der Waals surface area contributed by atoms with Crippen LogP contribution in [0, 0.1) is 47.3 Å². The minimum atomic E-state index is -1.34. The smallest absolute Gasteiger partial charge is 0.407 e. The highest BCUT2D eigenvalue weighted by molar-refractivity contribution is 7.09. The zero-order chi connectivity index (χ0) is 72.0. The Morgan fingerprint density at radius 3 is 2.10 bits per heavy atom. The van der Waals surface area contributed by atoms with E-state index in [9.17, 15) is 34.2 Å². The van der Waals surface area contributed by atoms with Crippen molar-refractivity contribution in [3.05, 3.63) is 136 Å². The third-order valence-electron chi connectivity index (χ3n) is 21.3. The van der Waals surface area contributed by atoms with E-state index >= 15 is 9.59 Å². The first-order valence-electron chi connectivity index (χ1n) is 35.3. The lowest BCUT2D eigenvalue weighted by atomic mass is 9.80. The topological polar surface area (TPSA) is 250 Å². The van der Waals surface area contributed by atoms with Gasteiger partial charge in [0.2, 0.25) is 24.0 Å². The Balaban J connectivity index is 0.944. The number of hydrogen-bond donors (Lipinski definition) is 4. The average molecular weight is 1380 g/mol.